The van der Waals surface area contributed by atoms with Crippen LogP contribution in [0.4, 0.5) is 10.1 Å². The molecule has 1 amide bonds. The van der Waals surface area contributed by atoms with Crippen LogP contribution in [0.15, 0.2) is 46.9 Å². The van der Waals surface area contributed by atoms with E-state index in [4.69, 9.17) is 4.74 Å². The molecule has 5 heteroatoms. The van der Waals surface area contributed by atoms with Gasteiger partial charge in [-0.15, -0.1) is 0 Å². The lowest BCUT2D eigenvalue weighted by molar-refractivity contribution is 0.102. The van der Waals surface area contributed by atoms with E-state index in [-0.39, 0.29) is 11.7 Å². The molecule has 19 heavy (non-hydrogen) atoms. The SMILES string of the molecule is COc1cc(Br)cc(NC(=O)c2ccc(F)cc2)c1. The van der Waals surface area contributed by atoms with Gasteiger partial charge < -0.3 is 10.1 Å². The van der Waals surface area contributed by atoms with E-state index in [2.05, 4.69) is 21.2 Å². The minimum Gasteiger partial charge on any atom is -0.497 e. The highest BCUT2D eigenvalue weighted by molar-refractivity contribution is 9.10. The van der Waals surface area contributed by atoms with Crippen molar-refractivity contribution in [1.29, 1.82) is 0 Å². The summed E-state index contributed by atoms with van der Waals surface area (Å²) in [6.45, 7) is 0. The normalized spacial score (nSPS) is 10.1. The Balaban J connectivity index is 2.18. The van der Waals surface area contributed by atoms with E-state index >= 15 is 0 Å². The summed E-state index contributed by atoms with van der Waals surface area (Å²) in [5.41, 5.74) is 0.987. The number of hydrogen-bond acceptors (Lipinski definition) is 2. The molecule has 2 aromatic rings. The largest absolute Gasteiger partial charge is 0.497 e. The lowest BCUT2D eigenvalue weighted by Crippen LogP contribution is -2.11. The second kappa shape index (κ2) is 5.84. The van der Waals surface area contributed by atoms with Crippen molar-refractivity contribution in [2.24, 2.45) is 0 Å². The summed E-state index contributed by atoms with van der Waals surface area (Å²) >= 11 is 3.33. The number of ether oxygens (including phenoxy) is 1. The first-order valence-corrected chi connectivity index (χ1v) is 6.29. The van der Waals surface area contributed by atoms with Gasteiger partial charge in [-0.05, 0) is 36.4 Å². The van der Waals surface area contributed by atoms with Crippen molar-refractivity contribution in [3.8, 4) is 5.75 Å². The molecule has 1 N–H and O–H groups in total. The Labute approximate surface area is 118 Å². The summed E-state index contributed by atoms with van der Waals surface area (Å²) in [7, 11) is 1.55. The summed E-state index contributed by atoms with van der Waals surface area (Å²) in [4.78, 5) is 11.9. The summed E-state index contributed by atoms with van der Waals surface area (Å²) in [6.07, 6.45) is 0. The van der Waals surface area contributed by atoms with E-state index in [1.165, 1.54) is 24.3 Å². The number of methoxy groups -OCH3 is 1. The van der Waals surface area contributed by atoms with E-state index in [0.717, 1.165) is 4.47 Å². The van der Waals surface area contributed by atoms with Gasteiger partial charge in [-0.1, -0.05) is 15.9 Å². The fourth-order valence-electron chi connectivity index (χ4n) is 1.56. The van der Waals surface area contributed by atoms with Crippen LogP contribution in [0.1, 0.15) is 10.4 Å². The number of benzene rings is 2. The maximum Gasteiger partial charge on any atom is 0.255 e. The average molecular weight is 324 g/mol. The third-order valence-corrected chi connectivity index (χ3v) is 2.93. The zero-order valence-corrected chi connectivity index (χ0v) is 11.7. The molecule has 0 radical (unpaired) electrons. The van der Waals surface area contributed by atoms with Crippen LogP contribution in [0.3, 0.4) is 0 Å². The molecular formula is C14H11BrFNO2. The smallest absolute Gasteiger partial charge is 0.255 e. The molecule has 0 saturated carbocycles. The minimum absolute atomic E-state index is 0.305. The molecule has 0 fully saturated rings. The minimum atomic E-state index is -0.374. The summed E-state index contributed by atoms with van der Waals surface area (Å²) in [5, 5.41) is 2.72. The van der Waals surface area contributed by atoms with Gasteiger partial charge in [-0.25, -0.2) is 4.39 Å². The van der Waals surface area contributed by atoms with Crippen molar-refractivity contribution in [3.05, 3.63) is 58.3 Å². The summed E-state index contributed by atoms with van der Waals surface area (Å²) < 4.78 is 18.7. The third-order valence-electron chi connectivity index (χ3n) is 2.47. The van der Waals surface area contributed by atoms with Gasteiger partial charge in [0, 0.05) is 21.8 Å². The first-order valence-electron chi connectivity index (χ1n) is 5.50. The predicted octanol–water partition coefficient (Wildman–Crippen LogP) is 3.85. The lowest BCUT2D eigenvalue weighted by Gasteiger charge is -2.08. The molecule has 2 rings (SSSR count). The van der Waals surface area contributed by atoms with Crippen LogP contribution in [0.5, 0.6) is 5.75 Å². The topological polar surface area (TPSA) is 38.3 Å². The molecule has 0 aromatic heterocycles. The Morgan fingerprint density at radius 1 is 1.21 bits per heavy atom. The van der Waals surface area contributed by atoms with Crippen LogP contribution in [-0.2, 0) is 0 Å². The molecule has 0 spiro atoms. The van der Waals surface area contributed by atoms with Gasteiger partial charge >= 0.3 is 0 Å². The zero-order valence-electron chi connectivity index (χ0n) is 10.1. The van der Waals surface area contributed by atoms with Gasteiger partial charge in [-0.3, -0.25) is 4.79 Å². The van der Waals surface area contributed by atoms with Crippen molar-refractivity contribution in [1.82, 2.24) is 0 Å². The Hall–Kier alpha value is -1.88. The van der Waals surface area contributed by atoms with E-state index in [1.54, 1.807) is 25.3 Å². The Morgan fingerprint density at radius 2 is 1.89 bits per heavy atom. The standard InChI is InChI=1S/C14H11BrFNO2/c1-19-13-7-10(15)6-12(8-13)17-14(18)9-2-4-11(16)5-3-9/h2-8H,1H3,(H,17,18). The third kappa shape index (κ3) is 3.54. The highest BCUT2D eigenvalue weighted by Crippen LogP contribution is 2.24. The number of anilines is 1. The van der Waals surface area contributed by atoms with Crippen LogP contribution in [0.25, 0.3) is 0 Å². The zero-order chi connectivity index (χ0) is 13.8. The molecule has 0 saturated heterocycles. The molecule has 0 atom stereocenters. The first-order chi connectivity index (χ1) is 9.08. The first kappa shape index (κ1) is 13.5. The summed E-state index contributed by atoms with van der Waals surface area (Å²) in [6, 6.07) is 10.6. The molecule has 0 unspecified atom stereocenters. The molecule has 2 aromatic carbocycles. The maximum absolute atomic E-state index is 12.8. The van der Waals surface area contributed by atoms with Crippen LogP contribution in [0, 0.1) is 5.82 Å². The number of carbonyl (C=O) groups is 1. The average Bonchev–Trinajstić information content (AvgIpc) is 2.38. The van der Waals surface area contributed by atoms with Gasteiger partial charge in [0.2, 0.25) is 0 Å². The Kier molecular flexibility index (Phi) is 4.16. The molecule has 0 bridgehead atoms. The Morgan fingerprint density at radius 3 is 2.53 bits per heavy atom. The van der Waals surface area contributed by atoms with Crippen LogP contribution in [-0.4, -0.2) is 13.0 Å². The van der Waals surface area contributed by atoms with Crippen molar-refractivity contribution >= 4 is 27.5 Å². The second-order valence-electron chi connectivity index (χ2n) is 3.84. The van der Waals surface area contributed by atoms with Crippen LogP contribution in [0.2, 0.25) is 0 Å². The fourth-order valence-corrected chi connectivity index (χ4v) is 2.03. The number of carbonyl (C=O) groups excluding carboxylic acids is 1. The van der Waals surface area contributed by atoms with Gasteiger partial charge in [-0.2, -0.15) is 0 Å². The molecular weight excluding hydrogens is 313 g/mol. The van der Waals surface area contributed by atoms with E-state index in [0.29, 0.717) is 17.0 Å². The van der Waals surface area contributed by atoms with Crippen molar-refractivity contribution in [2.75, 3.05) is 12.4 Å². The molecule has 0 aliphatic heterocycles. The van der Waals surface area contributed by atoms with Gasteiger partial charge in [0.1, 0.15) is 11.6 Å². The number of nitrogens with one attached hydrogen (secondary N) is 1. The predicted molar refractivity (Wildman–Crippen MR) is 75.0 cm³/mol. The molecule has 0 heterocycles. The van der Waals surface area contributed by atoms with E-state index in [1.807, 2.05) is 0 Å². The van der Waals surface area contributed by atoms with E-state index in [9.17, 15) is 9.18 Å². The maximum atomic E-state index is 12.8. The monoisotopic (exact) mass is 323 g/mol. The summed E-state index contributed by atoms with van der Waals surface area (Å²) in [5.74, 6) is -0.0513. The van der Waals surface area contributed by atoms with Gasteiger partial charge in [0.15, 0.2) is 0 Å². The molecule has 3 nitrogen and oxygen atoms in total. The quantitative estimate of drug-likeness (QED) is 0.931. The Bertz CT molecular complexity index is 599. The highest BCUT2D eigenvalue weighted by Gasteiger charge is 2.07. The molecule has 98 valence electrons. The lowest BCUT2D eigenvalue weighted by atomic mass is 10.2. The number of rotatable bonds is 3. The van der Waals surface area contributed by atoms with E-state index < -0.39 is 0 Å². The van der Waals surface area contributed by atoms with Gasteiger partial charge in [0.25, 0.3) is 5.91 Å². The van der Waals surface area contributed by atoms with Crippen molar-refractivity contribution in [2.45, 2.75) is 0 Å². The number of amides is 1. The van der Waals surface area contributed by atoms with Gasteiger partial charge in [0.05, 0.1) is 7.11 Å². The molecule has 0 aliphatic carbocycles. The second-order valence-corrected chi connectivity index (χ2v) is 4.76. The fraction of sp³-hybridized carbons (Fsp3) is 0.0714. The number of hydrogen-bond donors (Lipinski definition) is 1. The van der Waals surface area contributed by atoms with Crippen molar-refractivity contribution < 1.29 is 13.9 Å². The van der Waals surface area contributed by atoms with Crippen molar-refractivity contribution in [3.63, 3.8) is 0 Å². The van der Waals surface area contributed by atoms with Crippen LogP contribution >= 0.6 is 15.9 Å². The molecule has 0 aliphatic rings. The number of halogens is 2. The highest BCUT2D eigenvalue weighted by atomic mass is 79.9. The van der Waals surface area contributed by atoms with Crippen LogP contribution < -0.4 is 10.1 Å².